The zero-order valence-electron chi connectivity index (χ0n) is 14.2. The molecule has 0 aromatic heterocycles. The van der Waals surface area contributed by atoms with Gasteiger partial charge in [0.1, 0.15) is 0 Å². The fraction of sp³-hybridized carbons (Fsp3) is 0.263. The minimum absolute atomic E-state index is 0.207. The zero-order chi connectivity index (χ0) is 18.4. The molecule has 0 saturated carbocycles. The highest BCUT2D eigenvalue weighted by atomic mass is 35.5. The van der Waals surface area contributed by atoms with E-state index in [0.717, 1.165) is 5.56 Å². The third-order valence-corrected chi connectivity index (χ3v) is 4.00. The van der Waals surface area contributed by atoms with Crippen molar-refractivity contribution in [3.8, 4) is 0 Å². The summed E-state index contributed by atoms with van der Waals surface area (Å²) in [4.78, 5) is 25.1. The number of hydrogen-bond acceptors (Lipinski definition) is 3. The Morgan fingerprint density at radius 3 is 2.52 bits per heavy atom. The smallest absolute Gasteiger partial charge is 0.307 e. The van der Waals surface area contributed by atoms with Crippen molar-refractivity contribution in [2.45, 2.75) is 13.5 Å². The standard InChI is InChI=1S/C19H21ClN2O3/c1-13(19(24)25)11-22(2)12-14-4-3-5-17(10-14)21-18(23)15-6-8-16(20)9-7-15/h3-10,13H,11-12H2,1-2H3,(H,21,23)(H,24,25). The Balaban J connectivity index is 1.99. The van der Waals surface area contributed by atoms with Crippen molar-refractivity contribution < 1.29 is 14.7 Å². The van der Waals surface area contributed by atoms with Gasteiger partial charge in [-0.2, -0.15) is 0 Å². The first-order valence-corrected chi connectivity index (χ1v) is 8.30. The summed E-state index contributed by atoms with van der Waals surface area (Å²) in [5, 5.41) is 12.4. The van der Waals surface area contributed by atoms with E-state index in [0.29, 0.717) is 29.4 Å². The number of anilines is 1. The van der Waals surface area contributed by atoms with Gasteiger partial charge in [-0.05, 0) is 49.0 Å². The molecule has 2 N–H and O–H groups in total. The summed E-state index contributed by atoms with van der Waals surface area (Å²) < 4.78 is 0. The molecule has 0 aliphatic carbocycles. The van der Waals surface area contributed by atoms with Crippen LogP contribution in [0.1, 0.15) is 22.8 Å². The second-order valence-corrected chi connectivity index (χ2v) is 6.53. The molecule has 0 heterocycles. The van der Waals surface area contributed by atoms with Crippen molar-refractivity contribution in [3.05, 3.63) is 64.7 Å². The number of carbonyl (C=O) groups excluding carboxylic acids is 1. The number of halogens is 1. The molecule has 2 aromatic carbocycles. The van der Waals surface area contributed by atoms with E-state index >= 15 is 0 Å². The van der Waals surface area contributed by atoms with Gasteiger partial charge in [0, 0.05) is 29.4 Å². The summed E-state index contributed by atoms with van der Waals surface area (Å²) in [6, 6.07) is 14.2. The summed E-state index contributed by atoms with van der Waals surface area (Å²) in [6.07, 6.45) is 0. The summed E-state index contributed by atoms with van der Waals surface area (Å²) in [5.41, 5.74) is 2.22. The molecule has 2 aromatic rings. The van der Waals surface area contributed by atoms with Gasteiger partial charge >= 0.3 is 5.97 Å². The van der Waals surface area contributed by atoms with Gasteiger partial charge in [0.05, 0.1) is 5.92 Å². The van der Waals surface area contributed by atoms with Gasteiger partial charge in [0.15, 0.2) is 0 Å². The number of rotatable bonds is 7. The van der Waals surface area contributed by atoms with Crippen molar-refractivity contribution in [2.24, 2.45) is 5.92 Å². The monoisotopic (exact) mass is 360 g/mol. The molecule has 1 amide bonds. The van der Waals surface area contributed by atoms with Gasteiger partial charge in [-0.25, -0.2) is 0 Å². The fourth-order valence-corrected chi connectivity index (χ4v) is 2.60. The van der Waals surface area contributed by atoms with E-state index in [1.165, 1.54) is 0 Å². The number of nitrogens with one attached hydrogen (secondary N) is 1. The molecule has 0 radical (unpaired) electrons. The summed E-state index contributed by atoms with van der Waals surface area (Å²) in [6.45, 7) is 2.74. The molecule has 1 unspecified atom stereocenters. The molecule has 0 aliphatic rings. The van der Waals surface area contributed by atoms with Gasteiger partial charge in [-0.15, -0.1) is 0 Å². The van der Waals surface area contributed by atoms with Gasteiger partial charge in [0.2, 0.25) is 0 Å². The molecule has 0 fully saturated rings. The lowest BCUT2D eigenvalue weighted by Crippen LogP contribution is -2.28. The maximum Gasteiger partial charge on any atom is 0.307 e. The Kier molecular flexibility index (Phi) is 6.56. The number of aliphatic carboxylic acids is 1. The lowest BCUT2D eigenvalue weighted by Gasteiger charge is -2.19. The van der Waals surface area contributed by atoms with Gasteiger partial charge in [0.25, 0.3) is 5.91 Å². The van der Waals surface area contributed by atoms with E-state index in [4.69, 9.17) is 16.7 Å². The summed E-state index contributed by atoms with van der Waals surface area (Å²) in [7, 11) is 1.87. The average Bonchev–Trinajstić information content (AvgIpc) is 2.55. The normalized spacial score (nSPS) is 12.0. The van der Waals surface area contributed by atoms with Crippen LogP contribution in [0, 0.1) is 5.92 Å². The second kappa shape index (κ2) is 8.65. The van der Waals surface area contributed by atoms with Crippen molar-refractivity contribution in [2.75, 3.05) is 18.9 Å². The quantitative estimate of drug-likeness (QED) is 0.789. The third-order valence-electron chi connectivity index (χ3n) is 3.75. The van der Waals surface area contributed by atoms with Crippen LogP contribution >= 0.6 is 11.6 Å². The highest BCUT2D eigenvalue weighted by molar-refractivity contribution is 6.30. The van der Waals surface area contributed by atoms with Gasteiger partial charge in [-0.3, -0.25) is 9.59 Å². The van der Waals surface area contributed by atoms with E-state index in [-0.39, 0.29) is 5.91 Å². The van der Waals surface area contributed by atoms with E-state index in [2.05, 4.69) is 5.32 Å². The number of hydrogen-bond donors (Lipinski definition) is 2. The number of amides is 1. The SMILES string of the molecule is CC(CN(C)Cc1cccc(NC(=O)c2ccc(Cl)cc2)c1)C(=O)O. The van der Waals surface area contributed by atoms with Crippen LogP contribution in [0.2, 0.25) is 5.02 Å². The van der Waals surface area contributed by atoms with Crippen LogP contribution in [-0.4, -0.2) is 35.5 Å². The molecule has 0 spiro atoms. The van der Waals surface area contributed by atoms with Crippen molar-refractivity contribution in [1.29, 1.82) is 0 Å². The molecule has 0 bridgehead atoms. The Bertz CT molecular complexity index is 747. The van der Waals surface area contributed by atoms with Crippen LogP contribution in [-0.2, 0) is 11.3 Å². The van der Waals surface area contributed by atoms with Crippen LogP contribution < -0.4 is 5.32 Å². The lowest BCUT2D eigenvalue weighted by molar-refractivity contribution is -0.141. The lowest BCUT2D eigenvalue weighted by atomic mass is 10.1. The summed E-state index contributed by atoms with van der Waals surface area (Å²) in [5.74, 6) is -1.45. The van der Waals surface area contributed by atoms with Crippen molar-refractivity contribution in [1.82, 2.24) is 4.90 Å². The van der Waals surface area contributed by atoms with Gasteiger partial charge in [-0.1, -0.05) is 30.7 Å². The average molecular weight is 361 g/mol. The van der Waals surface area contributed by atoms with Crippen molar-refractivity contribution >= 4 is 29.2 Å². The van der Waals surface area contributed by atoms with Crippen LogP contribution in [0.4, 0.5) is 5.69 Å². The number of benzene rings is 2. The predicted octanol–water partition coefficient (Wildman–Crippen LogP) is 3.74. The van der Waals surface area contributed by atoms with E-state index in [1.54, 1.807) is 31.2 Å². The number of carbonyl (C=O) groups is 2. The first-order valence-electron chi connectivity index (χ1n) is 7.92. The topological polar surface area (TPSA) is 69.6 Å². The first-order chi connectivity index (χ1) is 11.8. The first kappa shape index (κ1) is 19.0. The maximum absolute atomic E-state index is 12.2. The number of nitrogens with zero attached hydrogens (tertiary/aromatic N) is 1. The molecular weight excluding hydrogens is 340 g/mol. The molecule has 0 saturated heterocycles. The largest absolute Gasteiger partial charge is 0.481 e. The molecule has 25 heavy (non-hydrogen) atoms. The van der Waals surface area contributed by atoms with Crippen LogP contribution in [0.25, 0.3) is 0 Å². The van der Waals surface area contributed by atoms with Crippen LogP contribution in [0.5, 0.6) is 0 Å². The Morgan fingerprint density at radius 2 is 1.88 bits per heavy atom. The minimum Gasteiger partial charge on any atom is -0.481 e. The highest BCUT2D eigenvalue weighted by Crippen LogP contribution is 2.15. The highest BCUT2D eigenvalue weighted by Gasteiger charge is 2.14. The zero-order valence-corrected chi connectivity index (χ0v) is 15.0. The summed E-state index contributed by atoms with van der Waals surface area (Å²) >= 11 is 5.83. The van der Waals surface area contributed by atoms with Crippen LogP contribution in [0.3, 0.4) is 0 Å². The Morgan fingerprint density at radius 1 is 1.20 bits per heavy atom. The molecule has 0 aliphatic heterocycles. The van der Waals surface area contributed by atoms with Gasteiger partial charge < -0.3 is 15.3 Å². The molecular formula is C19H21ClN2O3. The van der Waals surface area contributed by atoms with E-state index < -0.39 is 11.9 Å². The Labute approximate surface area is 152 Å². The maximum atomic E-state index is 12.2. The van der Waals surface area contributed by atoms with E-state index in [1.807, 2.05) is 36.2 Å². The van der Waals surface area contributed by atoms with Crippen molar-refractivity contribution in [3.63, 3.8) is 0 Å². The fourth-order valence-electron chi connectivity index (χ4n) is 2.47. The second-order valence-electron chi connectivity index (χ2n) is 6.10. The minimum atomic E-state index is -0.809. The third kappa shape index (κ3) is 5.89. The predicted molar refractivity (Wildman–Crippen MR) is 99.0 cm³/mol. The van der Waals surface area contributed by atoms with E-state index in [9.17, 15) is 9.59 Å². The Hall–Kier alpha value is -2.37. The molecule has 2 rings (SSSR count). The number of carboxylic acid groups (broad SMARTS) is 1. The molecule has 132 valence electrons. The molecule has 1 atom stereocenters. The molecule has 5 nitrogen and oxygen atoms in total. The molecule has 6 heteroatoms. The number of carboxylic acids is 1. The van der Waals surface area contributed by atoms with Crippen LogP contribution in [0.15, 0.2) is 48.5 Å².